The summed E-state index contributed by atoms with van der Waals surface area (Å²) in [6.07, 6.45) is 7.30. The number of amides is 2. The van der Waals surface area contributed by atoms with Crippen LogP contribution in [-0.2, 0) is 14.3 Å². The fraction of sp³-hybridized carbons (Fsp3) is 0.360. The molecule has 0 aliphatic carbocycles. The number of carbonyl (C=O) groups is 2. The van der Waals surface area contributed by atoms with Crippen LogP contribution in [0, 0.1) is 0 Å². The van der Waals surface area contributed by atoms with Crippen LogP contribution in [0.4, 0.5) is 5.69 Å². The molecule has 34 heavy (non-hydrogen) atoms. The van der Waals surface area contributed by atoms with Crippen molar-refractivity contribution in [3.63, 3.8) is 0 Å². The highest BCUT2D eigenvalue weighted by atomic mass is 35.5. The van der Waals surface area contributed by atoms with E-state index in [0.717, 1.165) is 30.8 Å². The van der Waals surface area contributed by atoms with Crippen LogP contribution in [0.1, 0.15) is 6.92 Å². The van der Waals surface area contributed by atoms with Crippen LogP contribution >= 0.6 is 35.1 Å². The predicted octanol–water partition coefficient (Wildman–Crippen LogP) is 4.46. The van der Waals surface area contributed by atoms with Crippen LogP contribution in [0.25, 0.3) is 0 Å². The normalized spacial score (nSPS) is 24.3. The molecule has 1 aromatic carbocycles. The highest BCUT2D eigenvalue weighted by molar-refractivity contribution is 8.04. The lowest BCUT2D eigenvalue weighted by molar-refractivity contribution is -0.124. The first-order valence-corrected chi connectivity index (χ1v) is 13.7. The van der Waals surface area contributed by atoms with Crippen molar-refractivity contribution in [2.75, 3.05) is 50.5 Å². The molecule has 2 amide bonds. The van der Waals surface area contributed by atoms with E-state index >= 15 is 0 Å². The van der Waals surface area contributed by atoms with Crippen molar-refractivity contribution in [1.29, 1.82) is 0 Å². The van der Waals surface area contributed by atoms with Gasteiger partial charge in [0.2, 0.25) is 5.91 Å². The maximum atomic E-state index is 13.7. The van der Waals surface area contributed by atoms with E-state index in [1.807, 2.05) is 36.1 Å². The van der Waals surface area contributed by atoms with Gasteiger partial charge in [-0.15, -0.1) is 23.5 Å². The maximum absolute atomic E-state index is 13.7. The summed E-state index contributed by atoms with van der Waals surface area (Å²) >= 11 is 9.22. The third-order valence-electron chi connectivity index (χ3n) is 5.31. The molecule has 1 aromatic rings. The zero-order valence-corrected chi connectivity index (χ0v) is 21.8. The van der Waals surface area contributed by atoms with E-state index in [9.17, 15) is 9.59 Å². The van der Waals surface area contributed by atoms with Crippen molar-refractivity contribution in [2.24, 2.45) is 0 Å². The van der Waals surface area contributed by atoms with Crippen LogP contribution in [0.5, 0.6) is 0 Å². The minimum Gasteiger partial charge on any atom is -0.379 e. The zero-order chi connectivity index (χ0) is 24.3. The number of halogens is 1. The molecule has 0 bridgehead atoms. The highest BCUT2D eigenvalue weighted by Crippen LogP contribution is 2.28. The number of hydrogen-bond donors (Lipinski definition) is 1. The van der Waals surface area contributed by atoms with Crippen molar-refractivity contribution in [3.8, 4) is 0 Å². The molecule has 2 heterocycles. The lowest BCUT2D eigenvalue weighted by Gasteiger charge is -2.32. The van der Waals surface area contributed by atoms with Gasteiger partial charge in [0.25, 0.3) is 5.91 Å². The van der Waals surface area contributed by atoms with Gasteiger partial charge in [-0.25, -0.2) is 0 Å². The summed E-state index contributed by atoms with van der Waals surface area (Å²) in [4.78, 5) is 30.8. The van der Waals surface area contributed by atoms with E-state index in [1.54, 1.807) is 29.7 Å². The Kier molecular flexibility index (Phi) is 10.8. The minimum atomic E-state index is -0.866. The standard InChI is InChI=1S/C25H30ClN3O3S2/c1-19-16-20(6-14-33-2)24(25(31)27-8-9-28-10-12-32-13-11-28)29(23(30)7-15-34-18-19)22-5-3-4-21(26)17-22/h3-7,14-18,24H,8-13H2,1-2H3,(H,27,31)/b14-6-,15-7+,19-18+,20-16-. The zero-order valence-electron chi connectivity index (χ0n) is 19.4. The van der Waals surface area contributed by atoms with Crippen molar-refractivity contribution in [3.05, 3.63) is 74.9 Å². The summed E-state index contributed by atoms with van der Waals surface area (Å²) in [7, 11) is 0. The van der Waals surface area contributed by atoms with E-state index < -0.39 is 6.04 Å². The number of ether oxygens (including phenoxy) is 1. The van der Waals surface area contributed by atoms with Gasteiger partial charge in [0.1, 0.15) is 6.04 Å². The largest absolute Gasteiger partial charge is 0.379 e. The Labute approximate surface area is 215 Å². The molecule has 1 saturated heterocycles. The fourth-order valence-corrected chi connectivity index (χ4v) is 4.73. The summed E-state index contributed by atoms with van der Waals surface area (Å²) in [5.41, 5.74) is 2.27. The second-order valence-electron chi connectivity index (χ2n) is 7.82. The molecule has 2 aliphatic heterocycles. The second kappa shape index (κ2) is 13.8. The molecule has 2 aliphatic rings. The summed E-state index contributed by atoms with van der Waals surface area (Å²) in [5, 5.41) is 9.16. The highest BCUT2D eigenvalue weighted by Gasteiger charge is 2.33. The number of thioether (sulfide) groups is 2. The Hall–Kier alpha value is -1.97. The Morgan fingerprint density at radius 1 is 1.35 bits per heavy atom. The average molecular weight is 520 g/mol. The first kappa shape index (κ1) is 26.6. The van der Waals surface area contributed by atoms with Gasteiger partial charge in [0.15, 0.2) is 0 Å². The van der Waals surface area contributed by atoms with E-state index in [1.165, 1.54) is 34.5 Å². The minimum absolute atomic E-state index is 0.243. The van der Waals surface area contributed by atoms with Crippen LogP contribution < -0.4 is 10.2 Å². The van der Waals surface area contributed by atoms with Gasteiger partial charge in [-0.3, -0.25) is 19.4 Å². The first-order valence-electron chi connectivity index (χ1n) is 11.1. The molecule has 9 heteroatoms. The number of nitrogens with zero attached hydrogens (tertiary/aromatic N) is 2. The van der Waals surface area contributed by atoms with E-state index in [0.29, 0.717) is 30.5 Å². The first-order chi connectivity index (χ1) is 16.5. The van der Waals surface area contributed by atoms with Gasteiger partial charge in [-0.1, -0.05) is 29.8 Å². The number of rotatable bonds is 7. The lowest BCUT2D eigenvalue weighted by Crippen LogP contribution is -2.52. The molecule has 0 spiro atoms. The smallest absolute Gasteiger partial charge is 0.252 e. The Morgan fingerprint density at radius 2 is 2.15 bits per heavy atom. The molecule has 0 aromatic heterocycles. The molecule has 182 valence electrons. The molecule has 1 fully saturated rings. The number of anilines is 1. The lowest BCUT2D eigenvalue weighted by atomic mass is 10.0. The van der Waals surface area contributed by atoms with Crippen LogP contribution in [0.15, 0.2) is 69.9 Å². The number of benzene rings is 1. The molecule has 3 rings (SSSR count). The summed E-state index contributed by atoms with van der Waals surface area (Å²) < 4.78 is 5.40. The Bertz CT molecular complexity index is 987. The van der Waals surface area contributed by atoms with Crippen molar-refractivity contribution < 1.29 is 14.3 Å². The van der Waals surface area contributed by atoms with Gasteiger partial charge in [-0.05, 0) is 58.7 Å². The third-order valence-corrected chi connectivity index (χ3v) is 6.76. The average Bonchev–Trinajstić information content (AvgIpc) is 2.83. The molecule has 0 radical (unpaired) electrons. The van der Waals surface area contributed by atoms with Gasteiger partial charge in [-0.2, -0.15) is 0 Å². The van der Waals surface area contributed by atoms with Gasteiger partial charge >= 0.3 is 0 Å². The van der Waals surface area contributed by atoms with Gasteiger partial charge in [0, 0.05) is 43.0 Å². The molecule has 6 nitrogen and oxygen atoms in total. The summed E-state index contributed by atoms with van der Waals surface area (Å²) in [6.45, 7) is 6.29. The SMILES string of the molecule is CS\C=C/C1=C/C(C)=C/S/C=C/C(=O)N(c2cccc(Cl)c2)C1C(=O)NCCN1CCOCC1. The number of morpholine rings is 1. The number of nitrogens with one attached hydrogen (secondary N) is 1. The molecular weight excluding hydrogens is 490 g/mol. The topological polar surface area (TPSA) is 61.9 Å². The van der Waals surface area contributed by atoms with Crippen LogP contribution in [0.3, 0.4) is 0 Å². The summed E-state index contributed by atoms with van der Waals surface area (Å²) in [6, 6.07) is 6.16. The predicted molar refractivity (Wildman–Crippen MR) is 144 cm³/mol. The fourth-order valence-electron chi connectivity index (χ4n) is 3.69. The van der Waals surface area contributed by atoms with E-state index in [2.05, 4.69) is 10.2 Å². The third kappa shape index (κ3) is 7.78. The van der Waals surface area contributed by atoms with E-state index in [4.69, 9.17) is 16.3 Å². The van der Waals surface area contributed by atoms with Gasteiger partial charge < -0.3 is 10.1 Å². The second-order valence-corrected chi connectivity index (χ2v) is 9.78. The Balaban J connectivity index is 1.98. The molecular formula is C25H30ClN3O3S2. The molecule has 1 N–H and O–H groups in total. The molecule has 0 saturated carbocycles. The van der Waals surface area contributed by atoms with E-state index in [-0.39, 0.29) is 11.8 Å². The van der Waals surface area contributed by atoms with Crippen molar-refractivity contribution in [2.45, 2.75) is 13.0 Å². The van der Waals surface area contributed by atoms with Crippen LogP contribution in [-0.4, -0.2) is 68.4 Å². The number of carbonyl (C=O) groups excluding carboxylic acids is 2. The van der Waals surface area contributed by atoms with Crippen molar-refractivity contribution >= 4 is 52.6 Å². The van der Waals surface area contributed by atoms with Crippen molar-refractivity contribution in [1.82, 2.24) is 10.2 Å². The number of hydrogen-bond acceptors (Lipinski definition) is 6. The quantitative estimate of drug-likeness (QED) is 0.574. The number of allylic oxidation sites excluding steroid dienone is 2. The monoisotopic (exact) mass is 519 g/mol. The Morgan fingerprint density at radius 3 is 2.88 bits per heavy atom. The maximum Gasteiger partial charge on any atom is 0.252 e. The molecule has 1 unspecified atom stereocenters. The van der Waals surface area contributed by atoms with Crippen LogP contribution in [0.2, 0.25) is 5.02 Å². The van der Waals surface area contributed by atoms with Gasteiger partial charge in [0.05, 0.1) is 13.2 Å². The summed E-state index contributed by atoms with van der Waals surface area (Å²) in [5.74, 6) is -0.535. The molecule has 1 atom stereocenters.